The van der Waals surface area contributed by atoms with Gasteiger partial charge in [0.2, 0.25) is 0 Å². The number of likely N-dealkylation sites (tertiary alicyclic amines) is 1. The Balaban J connectivity index is 2.28. The second-order valence-electron chi connectivity index (χ2n) is 13.5. The normalized spacial score (nSPS) is 26.7. The Morgan fingerprint density at radius 3 is 2.26 bits per heavy atom. The summed E-state index contributed by atoms with van der Waals surface area (Å²) in [6.07, 6.45) is 10.4. The fraction of sp³-hybridized carbons (Fsp3) is 0.929. The lowest BCUT2D eigenvalue weighted by molar-refractivity contribution is -0.144. The van der Waals surface area contributed by atoms with Crippen molar-refractivity contribution in [3.63, 3.8) is 0 Å². The smallest absolute Gasteiger partial charge is 0.411 e. The maximum atomic E-state index is 13.4. The molecule has 2 fully saturated rings. The van der Waals surface area contributed by atoms with Gasteiger partial charge in [-0.1, -0.05) is 53.4 Å². The molecule has 0 radical (unpaired) electrons. The summed E-state index contributed by atoms with van der Waals surface area (Å²) >= 11 is 0. The average molecular weight is 512 g/mol. The molecule has 2 unspecified atom stereocenters. The zero-order valence-electron chi connectivity index (χ0n) is 24.0. The van der Waals surface area contributed by atoms with Crippen LogP contribution in [0.5, 0.6) is 0 Å². The Bertz CT molecular complexity index is 726. The molecule has 4 atom stereocenters. The van der Waals surface area contributed by atoms with Gasteiger partial charge in [0.1, 0.15) is 11.6 Å². The first-order chi connectivity index (χ1) is 16.0. The molecule has 2 rings (SSSR count). The number of carboxylic acids is 1. The van der Waals surface area contributed by atoms with Crippen molar-refractivity contribution in [2.24, 2.45) is 5.92 Å². The van der Waals surface area contributed by atoms with Gasteiger partial charge in [0, 0.05) is 6.10 Å². The van der Waals surface area contributed by atoms with Crippen molar-refractivity contribution < 1.29 is 23.9 Å². The molecule has 35 heavy (non-hydrogen) atoms. The van der Waals surface area contributed by atoms with E-state index in [0.29, 0.717) is 6.42 Å². The van der Waals surface area contributed by atoms with Crippen molar-refractivity contribution in [2.45, 2.75) is 161 Å². The number of nitrogens with zero attached hydrogens (tertiary/aromatic N) is 1. The molecule has 0 bridgehead atoms. The predicted molar refractivity (Wildman–Crippen MR) is 144 cm³/mol. The van der Waals surface area contributed by atoms with Crippen LogP contribution in [0.25, 0.3) is 0 Å². The van der Waals surface area contributed by atoms with E-state index in [-0.39, 0.29) is 17.1 Å². The highest BCUT2D eigenvalue weighted by Crippen LogP contribution is 2.50. The number of carbonyl (C=O) groups excluding carboxylic acids is 1. The van der Waals surface area contributed by atoms with E-state index < -0.39 is 37.6 Å². The van der Waals surface area contributed by atoms with Crippen molar-refractivity contribution in [1.82, 2.24) is 4.90 Å². The second kappa shape index (κ2) is 11.5. The molecule has 1 spiro atoms. The van der Waals surface area contributed by atoms with Crippen LogP contribution in [0.1, 0.15) is 119 Å². The van der Waals surface area contributed by atoms with Crippen molar-refractivity contribution in [2.75, 3.05) is 0 Å². The quantitative estimate of drug-likeness (QED) is 0.320. The molecular weight excluding hydrogens is 458 g/mol. The fourth-order valence-electron chi connectivity index (χ4n) is 5.83. The summed E-state index contributed by atoms with van der Waals surface area (Å²) < 4.78 is 12.7. The molecule has 1 N–H and O–H groups in total. The lowest BCUT2D eigenvalue weighted by Crippen LogP contribution is -2.58. The van der Waals surface area contributed by atoms with E-state index in [0.717, 1.165) is 64.2 Å². The molecule has 1 amide bonds. The first-order valence-electron chi connectivity index (χ1n) is 14.0. The fourth-order valence-corrected chi connectivity index (χ4v) is 7.25. The first-order valence-corrected chi connectivity index (χ1v) is 16.9. The number of aliphatic carboxylic acids is 1. The van der Waals surface area contributed by atoms with Gasteiger partial charge in [0.25, 0.3) is 0 Å². The minimum Gasteiger partial charge on any atom is -0.480 e. The van der Waals surface area contributed by atoms with Gasteiger partial charge >= 0.3 is 12.1 Å². The van der Waals surface area contributed by atoms with E-state index in [1.165, 1.54) is 0 Å². The number of rotatable bonds is 9. The highest BCUT2D eigenvalue weighted by Gasteiger charge is 2.56. The standard InChI is InChI=1S/C28H53NO5Si/c1-10-11-15-22(34-35(8,9)27(5,6)7)17-16-21-14-12-13-19-28(21)20-18-23(24(30)31)29(28)25(32)33-26(2,3)4/h21-23H,10-20H2,1-9H3,(H,30,31)/t21?,22-,23-,28?/m1/s1. The molecule has 7 heteroatoms. The van der Waals surface area contributed by atoms with Crippen LogP contribution in [0.2, 0.25) is 18.1 Å². The molecule has 1 heterocycles. The van der Waals surface area contributed by atoms with Crippen molar-refractivity contribution >= 4 is 20.4 Å². The van der Waals surface area contributed by atoms with Gasteiger partial charge in [-0.05, 0) is 89.8 Å². The summed E-state index contributed by atoms with van der Waals surface area (Å²) in [5.74, 6) is -0.639. The number of hydrogen-bond acceptors (Lipinski definition) is 4. The Morgan fingerprint density at radius 2 is 1.71 bits per heavy atom. The molecule has 204 valence electrons. The Kier molecular flexibility index (Phi) is 9.93. The number of ether oxygens (including phenoxy) is 1. The third-order valence-electron chi connectivity index (χ3n) is 8.67. The maximum Gasteiger partial charge on any atom is 0.411 e. The van der Waals surface area contributed by atoms with E-state index in [2.05, 4.69) is 40.8 Å². The highest BCUT2D eigenvalue weighted by atomic mass is 28.4. The first kappa shape index (κ1) is 30.1. The molecular formula is C28H53NO5Si. The topological polar surface area (TPSA) is 76.1 Å². The molecule has 1 aliphatic heterocycles. The summed E-state index contributed by atoms with van der Waals surface area (Å²) in [5.41, 5.74) is -1.08. The number of unbranched alkanes of at least 4 members (excludes halogenated alkanes) is 1. The summed E-state index contributed by atoms with van der Waals surface area (Å²) in [7, 11) is -1.89. The van der Waals surface area contributed by atoms with Crippen LogP contribution in [0.15, 0.2) is 0 Å². The Morgan fingerprint density at radius 1 is 1.06 bits per heavy atom. The zero-order chi connectivity index (χ0) is 26.7. The lowest BCUT2D eigenvalue weighted by Gasteiger charge is -2.49. The molecule has 0 aromatic rings. The summed E-state index contributed by atoms with van der Waals surface area (Å²) in [6.45, 7) is 19.3. The predicted octanol–water partition coefficient (Wildman–Crippen LogP) is 7.76. The summed E-state index contributed by atoms with van der Waals surface area (Å²) in [4.78, 5) is 27.2. The maximum absolute atomic E-state index is 13.4. The van der Waals surface area contributed by atoms with Crippen molar-refractivity contribution in [3.8, 4) is 0 Å². The van der Waals surface area contributed by atoms with Gasteiger partial charge in [0.05, 0.1) is 5.54 Å². The summed E-state index contributed by atoms with van der Waals surface area (Å²) in [6, 6.07) is -0.801. The number of carbonyl (C=O) groups is 2. The Hall–Kier alpha value is -1.08. The van der Waals surface area contributed by atoms with Gasteiger partial charge < -0.3 is 14.3 Å². The number of amides is 1. The van der Waals surface area contributed by atoms with Crippen LogP contribution in [0.3, 0.4) is 0 Å². The van der Waals surface area contributed by atoms with E-state index in [4.69, 9.17) is 9.16 Å². The average Bonchev–Trinajstić information content (AvgIpc) is 3.09. The van der Waals surface area contributed by atoms with Crippen molar-refractivity contribution in [1.29, 1.82) is 0 Å². The monoisotopic (exact) mass is 511 g/mol. The summed E-state index contributed by atoms with van der Waals surface area (Å²) in [5, 5.41) is 10.1. The van der Waals surface area contributed by atoms with Gasteiger partial charge in [0.15, 0.2) is 8.32 Å². The van der Waals surface area contributed by atoms with E-state index >= 15 is 0 Å². The molecule has 1 saturated heterocycles. The molecule has 2 aliphatic rings. The van der Waals surface area contributed by atoms with Crippen LogP contribution in [0, 0.1) is 5.92 Å². The van der Waals surface area contributed by atoms with Gasteiger partial charge in [-0.3, -0.25) is 4.90 Å². The minimum atomic E-state index is -1.89. The molecule has 1 saturated carbocycles. The van der Waals surface area contributed by atoms with E-state index in [9.17, 15) is 14.7 Å². The molecule has 0 aromatic heterocycles. The molecule has 1 aliphatic carbocycles. The lowest BCUT2D eigenvalue weighted by atomic mass is 9.69. The largest absolute Gasteiger partial charge is 0.480 e. The number of hydrogen-bond donors (Lipinski definition) is 1. The van der Waals surface area contributed by atoms with E-state index in [1.54, 1.807) is 4.90 Å². The van der Waals surface area contributed by atoms with Crippen LogP contribution < -0.4 is 0 Å². The third-order valence-corrected chi connectivity index (χ3v) is 13.2. The van der Waals surface area contributed by atoms with Crippen LogP contribution >= 0.6 is 0 Å². The Labute approximate surface area is 215 Å². The van der Waals surface area contributed by atoms with Gasteiger partial charge in [-0.25, -0.2) is 9.59 Å². The molecule has 0 aromatic carbocycles. The molecule has 6 nitrogen and oxygen atoms in total. The number of carboxylic acid groups (broad SMARTS) is 1. The third kappa shape index (κ3) is 7.47. The van der Waals surface area contributed by atoms with E-state index in [1.807, 2.05) is 20.8 Å². The van der Waals surface area contributed by atoms with Crippen molar-refractivity contribution in [3.05, 3.63) is 0 Å². The highest BCUT2D eigenvalue weighted by molar-refractivity contribution is 6.74. The minimum absolute atomic E-state index is 0.164. The zero-order valence-corrected chi connectivity index (χ0v) is 25.0. The van der Waals surface area contributed by atoms with Gasteiger partial charge in [-0.15, -0.1) is 0 Å². The SMILES string of the molecule is CCCC[C@H](CCC1CCCCC12CC[C@H](C(=O)O)N2C(=O)OC(C)(C)C)O[Si](C)(C)C(C)(C)C. The second-order valence-corrected chi connectivity index (χ2v) is 18.3. The van der Waals surface area contributed by atoms with Crippen LogP contribution in [-0.4, -0.2) is 53.7 Å². The van der Waals surface area contributed by atoms with Crippen LogP contribution in [-0.2, 0) is 14.0 Å². The van der Waals surface area contributed by atoms with Crippen LogP contribution in [0.4, 0.5) is 4.79 Å². The van der Waals surface area contributed by atoms with Gasteiger partial charge in [-0.2, -0.15) is 0 Å².